The topological polar surface area (TPSA) is 109 Å². The first kappa shape index (κ1) is 24.5. The Bertz CT molecular complexity index is 1270. The molecule has 0 radical (unpaired) electrons. The lowest BCUT2D eigenvalue weighted by Gasteiger charge is -2.22. The smallest absolute Gasteiger partial charge is 0.318 e. The molecule has 1 aromatic heterocycles. The quantitative estimate of drug-likeness (QED) is 0.403. The fourth-order valence-corrected chi connectivity index (χ4v) is 4.51. The van der Waals surface area contributed by atoms with Crippen molar-refractivity contribution in [3.63, 3.8) is 0 Å². The van der Waals surface area contributed by atoms with Crippen LogP contribution in [0.25, 0.3) is 11.4 Å². The second-order valence-corrected chi connectivity index (χ2v) is 10.5. The summed E-state index contributed by atoms with van der Waals surface area (Å²) in [5, 5.41) is 12.4. The second kappa shape index (κ2) is 9.18. The highest BCUT2D eigenvalue weighted by Crippen LogP contribution is 2.29. The van der Waals surface area contributed by atoms with Crippen molar-refractivity contribution in [1.82, 2.24) is 30.5 Å². The van der Waals surface area contributed by atoms with Gasteiger partial charge in [-0.25, -0.2) is 4.79 Å². The summed E-state index contributed by atoms with van der Waals surface area (Å²) in [5.74, 6) is -0.420. The summed E-state index contributed by atoms with van der Waals surface area (Å²) in [6, 6.07) is 16.4. The SMILES string of the molecule is Cn1c(SCC(=O)NN2C(=O)NC(C)(c3ccccc3)C2=O)nnc1-c1ccc(C(C)(C)C)cc1. The van der Waals surface area contributed by atoms with Crippen molar-refractivity contribution in [2.24, 2.45) is 7.05 Å². The zero-order chi connectivity index (χ0) is 25.4. The molecule has 1 atom stereocenters. The Labute approximate surface area is 208 Å². The van der Waals surface area contributed by atoms with E-state index in [2.05, 4.69) is 53.8 Å². The van der Waals surface area contributed by atoms with Crippen LogP contribution in [0.3, 0.4) is 0 Å². The van der Waals surface area contributed by atoms with Crippen LogP contribution >= 0.6 is 11.8 Å². The minimum Gasteiger partial charge on any atom is -0.318 e. The maximum Gasteiger partial charge on any atom is 0.344 e. The summed E-state index contributed by atoms with van der Waals surface area (Å²) >= 11 is 1.17. The van der Waals surface area contributed by atoms with Crippen LogP contribution < -0.4 is 10.7 Å². The lowest BCUT2D eigenvalue weighted by atomic mass is 9.87. The van der Waals surface area contributed by atoms with E-state index in [0.29, 0.717) is 16.5 Å². The number of hydrogen-bond acceptors (Lipinski definition) is 6. The summed E-state index contributed by atoms with van der Waals surface area (Å²) < 4.78 is 1.81. The molecule has 1 aliphatic rings. The van der Waals surface area contributed by atoms with E-state index in [1.165, 1.54) is 17.3 Å². The minimum atomic E-state index is -1.25. The number of carbonyl (C=O) groups excluding carboxylic acids is 3. The van der Waals surface area contributed by atoms with Crippen LogP contribution in [-0.4, -0.2) is 43.4 Å². The van der Waals surface area contributed by atoms with Crippen molar-refractivity contribution >= 4 is 29.6 Å². The van der Waals surface area contributed by atoms with Crippen molar-refractivity contribution in [3.05, 3.63) is 65.7 Å². The highest BCUT2D eigenvalue weighted by molar-refractivity contribution is 7.99. The highest BCUT2D eigenvalue weighted by atomic mass is 32.2. The number of hydrogen-bond donors (Lipinski definition) is 2. The first-order valence-electron chi connectivity index (χ1n) is 11.2. The molecule has 10 heteroatoms. The number of nitrogens with zero attached hydrogens (tertiary/aromatic N) is 4. The Morgan fingerprint density at radius 3 is 2.34 bits per heavy atom. The van der Waals surface area contributed by atoms with Gasteiger partial charge in [0, 0.05) is 12.6 Å². The van der Waals surface area contributed by atoms with Gasteiger partial charge >= 0.3 is 6.03 Å². The molecule has 182 valence electrons. The largest absolute Gasteiger partial charge is 0.344 e. The Hall–Kier alpha value is -3.66. The molecule has 2 heterocycles. The van der Waals surface area contributed by atoms with Crippen LogP contribution in [0.5, 0.6) is 0 Å². The first-order chi connectivity index (χ1) is 16.5. The number of hydrazine groups is 1. The number of imide groups is 1. The van der Waals surface area contributed by atoms with Gasteiger partial charge in [0.1, 0.15) is 5.54 Å². The van der Waals surface area contributed by atoms with Gasteiger partial charge in [-0.3, -0.25) is 15.0 Å². The summed E-state index contributed by atoms with van der Waals surface area (Å²) in [4.78, 5) is 37.9. The number of nitrogens with one attached hydrogen (secondary N) is 2. The van der Waals surface area contributed by atoms with Crippen molar-refractivity contribution in [3.8, 4) is 11.4 Å². The van der Waals surface area contributed by atoms with E-state index in [-0.39, 0.29) is 11.2 Å². The van der Waals surface area contributed by atoms with Crippen LogP contribution in [0.2, 0.25) is 0 Å². The van der Waals surface area contributed by atoms with E-state index in [1.807, 2.05) is 29.8 Å². The second-order valence-electron chi connectivity index (χ2n) is 9.58. The monoisotopic (exact) mass is 492 g/mol. The molecule has 0 spiro atoms. The maximum atomic E-state index is 12.9. The Morgan fingerprint density at radius 2 is 1.71 bits per heavy atom. The molecular weight excluding hydrogens is 464 g/mol. The van der Waals surface area contributed by atoms with Gasteiger partial charge in [-0.05, 0) is 23.5 Å². The standard InChI is InChI=1S/C25H28N6O3S/c1-24(2,3)17-13-11-16(12-14-17)20-27-28-23(30(20)5)35-15-19(32)29-31-21(33)25(4,26-22(31)34)18-9-7-6-8-10-18/h6-14H,15H2,1-5H3,(H,26,34)(H,29,32). The Kier molecular flexibility index (Phi) is 6.42. The molecule has 4 amide bonds. The molecule has 0 bridgehead atoms. The molecule has 3 aromatic rings. The fraction of sp³-hybridized carbons (Fsp3) is 0.320. The van der Waals surface area contributed by atoms with Crippen molar-refractivity contribution in [1.29, 1.82) is 0 Å². The van der Waals surface area contributed by atoms with E-state index < -0.39 is 23.4 Å². The zero-order valence-corrected chi connectivity index (χ0v) is 21.1. The summed E-state index contributed by atoms with van der Waals surface area (Å²) in [6.45, 7) is 8.08. The normalized spacial score (nSPS) is 18.0. The molecule has 1 unspecified atom stereocenters. The lowest BCUT2D eigenvalue weighted by Crippen LogP contribution is -2.48. The van der Waals surface area contributed by atoms with Crippen molar-refractivity contribution in [2.45, 2.75) is 43.8 Å². The Morgan fingerprint density at radius 1 is 1.06 bits per heavy atom. The molecule has 1 aliphatic heterocycles. The van der Waals surface area contributed by atoms with Gasteiger partial charge in [-0.2, -0.15) is 5.01 Å². The highest BCUT2D eigenvalue weighted by Gasteiger charge is 2.49. The average molecular weight is 493 g/mol. The molecule has 9 nitrogen and oxygen atoms in total. The molecular formula is C25H28N6O3S. The van der Waals surface area contributed by atoms with E-state index in [9.17, 15) is 14.4 Å². The third-order valence-corrected chi connectivity index (χ3v) is 6.98. The van der Waals surface area contributed by atoms with Crippen molar-refractivity contribution in [2.75, 3.05) is 5.75 Å². The molecule has 4 rings (SSSR count). The van der Waals surface area contributed by atoms with Crippen molar-refractivity contribution < 1.29 is 14.4 Å². The van der Waals surface area contributed by atoms with E-state index in [4.69, 9.17) is 0 Å². The molecule has 35 heavy (non-hydrogen) atoms. The van der Waals surface area contributed by atoms with Crippen LogP contribution in [0.15, 0.2) is 59.8 Å². The molecule has 1 fully saturated rings. The zero-order valence-electron chi connectivity index (χ0n) is 20.3. The predicted molar refractivity (Wildman–Crippen MR) is 133 cm³/mol. The van der Waals surface area contributed by atoms with Gasteiger partial charge in [0.2, 0.25) is 5.91 Å². The number of rotatable bonds is 6. The minimum absolute atomic E-state index is 0.0476. The lowest BCUT2D eigenvalue weighted by molar-refractivity contribution is -0.138. The number of benzene rings is 2. The van der Waals surface area contributed by atoms with E-state index >= 15 is 0 Å². The number of amides is 4. The van der Waals surface area contributed by atoms with Gasteiger partial charge in [0.05, 0.1) is 5.75 Å². The fourth-order valence-electron chi connectivity index (χ4n) is 3.81. The summed E-state index contributed by atoms with van der Waals surface area (Å²) in [6.07, 6.45) is 0. The van der Waals surface area contributed by atoms with Gasteiger partial charge in [0.25, 0.3) is 5.91 Å². The number of thioether (sulfide) groups is 1. The van der Waals surface area contributed by atoms with E-state index in [1.54, 1.807) is 31.2 Å². The van der Waals surface area contributed by atoms with Gasteiger partial charge < -0.3 is 9.88 Å². The Balaban J connectivity index is 1.39. The molecule has 2 N–H and O–H groups in total. The molecule has 1 saturated heterocycles. The van der Waals surface area contributed by atoms with Gasteiger partial charge in [-0.15, -0.1) is 10.2 Å². The molecule has 0 aliphatic carbocycles. The summed E-state index contributed by atoms with van der Waals surface area (Å²) in [7, 11) is 1.83. The third kappa shape index (κ3) is 4.79. The molecule has 0 saturated carbocycles. The predicted octanol–water partition coefficient (Wildman–Crippen LogP) is 3.37. The van der Waals surface area contributed by atoms with Crippen LogP contribution in [0.4, 0.5) is 4.79 Å². The first-order valence-corrected chi connectivity index (χ1v) is 12.1. The average Bonchev–Trinajstić information content (AvgIpc) is 3.30. The van der Waals surface area contributed by atoms with Gasteiger partial charge in [0.15, 0.2) is 11.0 Å². The van der Waals surface area contributed by atoms with Crippen LogP contribution in [0.1, 0.15) is 38.8 Å². The molecule has 2 aromatic carbocycles. The number of carbonyl (C=O) groups is 3. The van der Waals surface area contributed by atoms with Crippen LogP contribution in [-0.2, 0) is 27.6 Å². The maximum absolute atomic E-state index is 12.9. The van der Waals surface area contributed by atoms with E-state index in [0.717, 1.165) is 10.6 Å². The van der Waals surface area contributed by atoms with Gasteiger partial charge in [-0.1, -0.05) is 87.1 Å². The number of urea groups is 1. The third-order valence-electron chi connectivity index (χ3n) is 5.95. The van der Waals surface area contributed by atoms with Crippen LogP contribution in [0, 0.1) is 0 Å². The number of aromatic nitrogens is 3. The summed E-state index contributed by atoms with van der Waals surface area (Å²) in [5.41, 5.74) is 3.98.